The van der Waals surface area contributed by atoms with Gasteiger partial charge in [0, 0.05) is 0 Å². The van der Waals surface area contributed by atoms with Crippen LogP contribution in [-0.2, 0) is 0 Å². The summed E-state index contributed by atoms with van der Waals surface area (Å²) in [5.74, 6) is 0.766. The fourth-order valence-corrected chi connectivity index (χ4v) is 1.78. The summed E-state index contributed by atoms with van der Waals surface area (Å²) in [4.78, 5) is 2.74. The van der Waals surface area contributed by atoms with E-state index in [1.54, 1.807) is 0 Å². The van der Waals surface area contributed by atoms with Crippen LogP contribution in [-0.4, -0.2) is 5.11 Å². The molecule has 0 radical (unpaired) electrons. The van der Waals surface area contributed by atoms with Gasteiger partial charge in [-0.3, -0.25) is 0 Å². The van der Waals surface area contributed by atoms with Crippen LogP contribution in [0.15, 0.2) is 30.3 Å². The number of ether oxygens (including phenoxy) is 1. The second-order valence-electron chi connectivity index (χ2n) is 4.76. The highest BCUT2D eigenvalue weighted by Gasteiger charge is 2.17. The first kappa shape index (κ1) is 14.0. The van der Waals surface area contributed by atoms with Gasteiger partial charge in [-0.2, -0.15) is 0 Å². The minimum absolute atomic E-state index is 0.276. The zero-order chi connectivity index (χ0) is 13.7. The number of hydrogen-bond donors (Lipinski definition) is 1. The van der Waals surface area contributed by atoms with E-state index in [2.05, 4.69) is 32.7 Å². The van der Waals surface area contributed by atoms with E-state index < -0.39 is 5.95 Å². The molecule has 0 saturated carbocycles. The summed E-state index contributed by atoms with van der Waals surface area (Å²) in [7, 11) is 0. The average Bonchev–Trinajstić information content (AvgIpc) is 2.28. The Kier molecular flexibility index (Phi) is 4.73. The molecule has 1 N–H and O–H groups in total. The zero-order valence-corrected chi connectivity index (χ0v) is 11.2. The maximum atomic E-state index is 9.50. The van der Waals surface area contributed by atoms with E-state index in [-0.39, 0.29) is 11.8 Å². The molecular weight excluding hydrogens is 228 g/mol. The fraction of sp³-hybridized carbons (Fsp3) is 0.429. The van der Waals surface area contributed by atoms with Crippen LogP contribution in [0.3, 0.4) is 0 Å². The summed E-state index contributed by atoms with van der Waals surface area (Å²) in [5.41, 5.74) is 2.03. The number of aliphatic hydroxyl groups excluding tert-OH is 1. The van der Waals surface area contributed by atoms with Gasteiger partial charge in [-0.05, 0) is 23.0 Å². The van der Waals surface area contributed by atoms with Crippen LogP contribution < -0.4 is 4.74 Å². The topological polar surface area (TPSA) is 57.6 Å². The molecule has 0 unspecified atom stereocenters. The second kappa shape index (κ2) is 6.06. The molecule has 0 aromatic heterocycles. The summed E-state index contributed by atoms with van der Waals surface area (Å²) < 4.78 is 5.40. The third-order valence-electron chi connectivity index (χ3n) is 2.69. The highest BCUT2D eigenvalue weighted by molar-refractivity contribution is 5.45. The number of para-hydroxylation sites is 1. The molecule has 0 amide bonds. The predicted molar refractivity (Wildman–Crippen MR) is 71.0 cm³/mol. The van der Waals surface area contributed by atoms with Gasteiger partial charge < -0.3 is 9.84 Å². The van der Waals surface area contributed by atoms with Crippen LogP contribution in [0.4, 0.5) is 0 Å². The van der Waals surface area contributed by atoms with E-state index in [4.69, 9.17) is 10.1 Å². The molecule has 0 aliphatic carbocycles. The number of aliphatic hydroxyl groups is 1. The maximum Gasteiger partial charge on any atom is 0.430 e. The van der Waals surface area contributed by atoms with Crippen molar-refractivity contribution in [2.45, 2.75) is 39.5 Å². The molecule has 0 saturated heterocycles. The van der Waals surface area contributed by atoms with E-state index in [1.165, 1.54) is 0 Å². The van der Waals surface area contributed by atoms with Gasteiger partial charge in [0.2, 0.25) is 5.39 Å². The lowest BCUT2D eigenvalue weighted by Gasteiger charge is -2.18. The van der Waals surface area contributed by atoms with Crippen LogP contribution >= 0.6 is 0 Å². The van der Waals surface area contributed by atoms with Crippen molar-refractivity contribution in [1.29, 1.82) is 5.39 Å². The van der Waals surface area contributed by atoms with Gasteiger partial charge in [0.1, 0.15) is 5.75 Å². The molecule has 1 aromatic rings. The highest BCUT2D eigenvalue weighted by Crippen LogP contribution is 2.35. The summed E-state index contributed by atoms with van der Waals surface area (Å²) in [5, 5.41) is 17.9. The van der Waals surface area contributed by atoms with E-state index >= 15 is 0 Å². The van der Waals surface area contributed by atoms with Gasteiger partial charge in [0.25, 0.3) is 0 Å². The second-order valence-corrected chi connectivity index (χ2v) is 4.76. The molecular formula is C14H19N2O2+. The Morgan fingerprint density at radius 3 is 2.11 bits per heavy atom. The smallest absolute Gasteiger partial charge is 0.430 e. The summed E-state index contributed by atoms with van der Waals surface area (Å²) >= 11 is 0. The first-order valence-electron chi connectivity index (χ1n) is 6.01. The Bertz CT molecular complexity index is 459. The van der Waals surface area contributed by atoms with Crippen molar-refractivity contribution in [3.05, 3.63) is 46.4 Å². The van der Waals surface area contributed by atoms with Crippen LogP contribution in [0.25, 0.3) is 4.98 Å². The number of diazo groups is 1. The molecule has 0 spiro atoms. The van der Waals surface area contributed by atoms with Gasteiger partial charge in [0.05, 0.1) is 0 Å². The Balaban J connectivity index is 3.28. The third kappa shape index (κ3) is 3.24. The monoisotopic (exact) mass is 247 g/mol. The number of hydrogen-bond acceptors (Lipinski definition) is 3. The van der Waals surface area contributed by atoms with E-state index in [0.29, 0.717) is 5.75 Å². The van der Waals surface area contributed by atoms with Crippen molar-refractivity contribution in [2.24, 2.45) is 0 Å². The van der Waals surface area contributed by atoms with Crippen LogP contribution in [0, 0.1) is 5.39 Å². The summed E-state index contributed by atoms with van der Waals surface area (Å²) in [6.07, 6.45) is 0.862. The molecule has 4 nitrogen and oxygen atoms in total. The molecule has 0 fully saturated rings. The van der Waals surface area contributed by atoms with E-state index in [9.17, 15) is 5.11 Å². The molecule has 0 aliphatic heterocycles. The van der Waals surface area contributed by atoms with Crippen LogP contribution in [0.1, 0.15) is 50.7 Å². The highest BCUT2D eigenvalue weighted by atomic mass is 16.6. The Morgan fingerprint density at radius 2 is 1.72 bits per heavy atom. The zero-order valence-electron chi connectivity index (χ0n) is 11.2. The third-order valence-corrected chi connectivity index (χ3v) is 2.69. The Hall–Kier alpha value is -2.02. The molecule has 18 heavy (non-hydrogen) atoms. The molecule has 0 bridgehead atoms. The lowest BCUT2D eigenvalue weighted by atomic mass is 9.94. The van der Waals surface area contributed by atoms with Crippen molar-refractivity contribution < 1.29 is 9.84 Å². The van der Waals surface area contributed by atoms with Gasteiger partial charge in [-0.25, -0.2) is 0 Å². The molecule has 0 atom stereocenters. The largest absolute Gasteiger partial charge is 0.475 e. The van der Waals surface area contributed by atoms with Crippen LogP contribution in [0.2, 0.25) is 0 Å². The van der Waals surface area contributed by atoms with Crippen molar-refractivity contribution in [2.75, 3.05) is 0 Å². The van der Waals surface area contributed by atoms with Gasteiger partial charge in [-0.1, -0.05) is 45.9 Å². The Labute approximate surface area is 108 Å². The SMILES string of the molecule is CC(C)c1cccc(C(C)C)c1O/C(O)=C/[N+]#N. The minimum Gasteiger partial charge on any atom is -0.475 e. The lowest BCUT2D eigenvalue weighted by molar-refractivity contribution is 0.205. The minimum atomic E-state index is -0.424. The van der Waals surface area contributed by atoms with E-state index in [1.807, 2.05) is 18.2 Å². The van der Waals surface area contributed by atoms with Crippen molar-refractivity contribution in [3.63, 3.8) is 0 Å². The maximum absolute atomic E-state index is 9.50. The fourth-order valence-electron chi connectivity index (χ4n) is 1.78. The molecule has 1 rings (SSSR count). The number of rotatable bonds is 4. The molecule has 0 aliphatic rings. The number of nitrogens with zero attached hydrogens (tertiary/aromatic N) is 2. The first-order chi connectivity index (χ1) is 8.47. The quantitative estimate of drug-likeness (QED) is 0.628. The first-order valence-corrected chi connectivity index (χ1v) is 6.01. The van der Waals surface area contributed by atoms with Crippen molar-refractivity contribution >= 4 is 0 Å². The Morgan fingerprint density at radius 1 is 1.22 bits per heavy atom. The van der Waals surface area contributed by atoms with Gasteiger partial charge in [0.15, 0.2) is 4.98 Å². The van der Waals surface area contributed by atoms with E-state index in [0.717, 1.165) is 17.3 Å². The summed E-state index contributed by atoms with van der Waals surface area (Å²) in [6.45, 7) is 8.24. The molecule has 4 heteroatoms. The van der Waals surface area contributed by atoms with Crippen molar-refractivity contribution in [1.82, 2.24) is 0 Å². The van der Waals surface area contributed by atoms with Gasteiger partial charge in [-0.15, -0.1) is 0 Å². The van der Waals surface area contributed by atoms with Crippen molar-refractivity contribution in [3.8, 4) is 5.75 Å². The molecule has 96 valence electrons. The summed E-state index contributed by atoms with van der Waals surface area (Å²) in [6, 6.07) is 5.92. The standard InChI is InChI=1S/C14H18N2O2/c1-9(2)11-6-5-7-12(10(3)4)14(11)18-13(17)8-16-15/h5-10H,1-4H3/p+1/b13-8+. The normalized spacial score (nSPS) is 11.7. The lowest BCUT2D eigenvalue weighted by Crippen LogP contribution is -2.03. The molecule has 1 aromatic carbocycles. The average molecular weight is 247 g/mol. The number of benzene rings is 1. The predicted octanol–water partition coefficient (Wildman–Crippen LogP) is 4.52. The van der Waals surface area contributed by atoms with Gasteiger partial charge >= 0.3 is 12.1 Å². The van der Waals surface area contributed by atoms with Crippen LogP contribution in [0.5, 0.6) is 5.75 Å². The molecule has 0 heterocycles.